The van der Waals surface area contributed by atoms with Gasteiger partial charge in [-0.05, 0) is 37.3 Å². The Balaban J connectivity index is 2.14. The molecule has 3 N–H and O–H groups in total. The molecule has 0 unspecified atom stereocenters. The molecule has 0 aliphatic heterocycles. The number of carbonyl (C=O) groups is 1. The van der Waals surface area contributed by atoms with Crippen LogP contribution in [-0.2, 0) is 0 Å². The van der Waals surface area contributed by atoms with Gasteiger partial charge in [-0.15, -0.1) is 0 Å². The maximum Gasteiger partial charge on any atom is 0.271 e. The van der Waals surface area contributed by atoms with E-state index in [2.05, 4.69) is 10.5 Å². The molecule has 114 valence electrons. The zero-order valence-electron chi connectivity index (χ0n) is 12.2. The molecule has 0 aromatic heterocycles. The lowest BCUT2D eigenvalue weighted by Gasteiger charge is -2.07. The van der Waals surface area contributed by atoms with E-state index in [0.717, 1.165) is 0 Å². The molecule has 0 atom stereocenters. The van der Waals surface area contributed by atoms with Gasteiger partial charge in [0.2, 0.25) is 0 Å². The highest BCUT2D eigenvalue weighted by atomic mass is 16.5. The predicted molar refractivity (Wildman–Crippen MR) is 82.4 cm³/mol. The number of aromatic hydroxyl groups is 2. The first-order chi connectivity index (χ1) is 10.5. The Labute approximate surface area is 127 Å². The lowest BCUT2D eigenvalue weighted by atomic mass is 10.1. The maximum atomic E-state index is 11.9. The lowest BCUT2D eigenvalue weighted by Crippen LogP contribution is -2.19. The minimum Gasteiger partial charge on any atom is -0.508 e. The summed E-state index contributed by atoms with van der Waals surface area (Å²) in [5, 5.41) is 23.2. The van der Waals surface area contributed by atoms with Gasteiger partial charge in [-0.1, -0.05) is 6.07 Å². The molecule has 0 saturated heterocycles. The summed E-state index contributed by atoms with van der Waals surface area (Å²) in [7, 11) is 1.50. The number of nitrogens with zero attached hydrogens (tertiary/aromatic N) is 1. The van der Waals surface area contributed by atoms with Crippen LogP contribution in [0.3, 0.4) is 0 Å². The SMILES string of the molecule is COc1ccc(/C(C)=N/NC(=O)c2cccc(O)c2)c(O)c1. The van der Waals surface area contributed by atoms with Crippen LogP contribution >= 0.6 is 0 Å². The third-order valence-corrected chi connectivity index (χ3v) is 3.03. The van der Waals surface area contributed by atoms with E-state index in [1.807, 2.05) is 0 Å². The molecule has 6 heteroatoms. The van der Waals surface area contributed by atoms with Crippen LogP contribution in [0.25, 0.3) is 0 Å². The minimum absolute atomic E-state index is 0.00107. The number of phenolic OH excluding ortho intramolecular Hbond substituents is 2. The highest BCUT2D eigenvalue weighted by Crippen LogP contribution is 2.23. The fourth-order valence-corrected chi connectivity index (χ4v) is 1.85. The number of benzene rings is 2. The molecule has 2 aromatic carbocycles. The smallest absolute Gasteiger partial charge is 0.271 e. The number of carbonyl (C=O) groups excluding carboxylic acids is 1. The largest absolute Gasteiger partial charge is 0.508 e. The topological polar surface area (TPSA) is 91.2 Å². The van der Waals surface area contributed by atoms with Crippen LogP contribution in [0.1, 0.15) is 22.8 Å². The molecule has 0 bridgehead atoms. The normalized spacial score (nSPS) is 11.1. The third-order valence-electron chi connectivity index (χ3n) is 3.03. The van der Waals surface area contributed by atoms with Crippen LogP contribution in [0.15, 0.2) is 47.6 Å². The van der Waals surface area contributed by atoms with Gasteiger partial charge in [-0.2, -0.15) is 5.10 Å². The quantitative estimate of drug-likeness (QED) is 0.596. The van der Waals surface area contributed by atoms with Gasteiger partial charge in [0.25, 0.3) is 5.91 Å². The molecule has 1 amide bonds. The lowest BCUT2D eigenvalue weighted by molar-refractivity contribution is 0.0954. The van der Waals surface area contributed by atoms with Gasteiger partial charge in [0, 0.05) is 17.2 Å². The predicted octanol–water partition coefficient (Wildman–Crippen LogP) is 2.26. The van der Waals surface area contributed by atoms with Crippen LogP contribution in [0.2, 0.25) is 0 Å². The van der Waals surface area contributed by atoms with Crippen LogP contribution < -0.4 is 10.2 Å². The second-order valence-electron chi connectivity index (χ2n) is 4.57. The minimum atomic E-state index is -0.455. The highest BCUT2D eigenvalue weighted by Gasteiger charge is 2.08. The highest BCUT2D eigenvalue weighted by molar-refractivity contribution is 6.02. The Hall–Kier alpha value is -3.02. The number of amides is 1. The molecule has 2 rings (SSSR count). The summed E-state index contributed by atoms with van der Waals surface area (Å²) in [5.41, 5.74) is 3.59. The number of rotatable bonds is 4. The fourth-order valence-electron chi connectivity index (χ4n) is 1.85. The number of ether oxygens (including phenoxy) is 1. The molecular weight excluding hydrogens is 284 g/mol. The maximum absolute atomic E-state index is 11.9. The molecule has 0 aliphatic carbocycles. The van der Waals surface area contributed by atoms with Gasteiger partial charge < -0.3 is 14.9 Å². The van der Waals surface area contributed by atoms with Gasteiger partial charge in [-0.25, -0.2) is 5.43 Å². The first-order valence-electron chi connectivity index (χ1n) is 6.52. The molecular formula is C16H16N2O4. The summed E-state index contributed by atoms with van der Waals surface area (Å²) in [4.78, 5) is 11.9. The Morgan fingerprint density at radius 2 is 1.95 bits per heavy atom. The number of hydrogen-bond acceptors (Lipinski definition) is 5. The van der Waals surface area contributed by atoms with Crippen molar-refractivity contribution in [3.8, 4) is 17.2 Å². The Kier molecular flexibility index (Phi) is 4.63. The van der Waals surface area contributed by atoms with Crippen molar-refractivity contribution in [2.75, 3.05) is 7.11 Å². The van der Waals surface area contributed by atoms with Crippen LogP contribution in [0, 0.1) is 0 Å². The Morgan fingerprint density at radius 3 is 2.59 bits per heavy atom. The van der Waals surface area contributed by atoms with E-state index in [1.54, 1.807) is 31.2 Å². The zero-order valence-corrected chi connectivity index (χ0v) is 12.2. The van der Waals surface area contributed by atoms with E-state index >= 15 is 0 Å². The third kappa shape index (κ3) is 3.54. The van der Waals surface area contributed by atoms with Crippen LogP contribution in [0.5, 0.6) is 17.2 Å². The number of phenols is 2. The fraction of sp³-hybridized carbons (Fsp3) is 0.125. The molecule has 0 heterocycles. The van der Waals surface area contributed by atoms with Gasteiger partial charge in [0.05, 0.1) is 12.8 Å². The number of methoxy groups -OCH3 is 1. The van der Waals surface area contributed by atoms with E-state index in [4.69, 9.17) is 4.74 Å². The first-order valence-corrected chi connectivity index (χ1v) is 6.52. The van der Waals surface area contributed by atoms with E-state index in [9.17, 15) is 15.0 Å². The van der Waals surface area contributed by atoms with Crippen molar-refractivity contribution < 1.29 is 19.7 Å². The van der Waals surface area contributed by atoms with Crippen molar-refractivity contribution in [2.24, 2.45) is 5.10 Å². The van der Waals surface area contributed by atoms with Gasteiger partial charge >= 0.3 is 0 Å². The second kappa shape index (κ2) is 6.62. The summed E-state index contributed by atoms with van der Waals surface area (Å²) < 4.78 is 5.00. The molecule has 22 heavy (non-hydrogen) atoms. The summed E-state index contributed by atoms with van der Waals surface area (Å²) >= 11 is 0. The standard InChI is InChI=1S/C16H16N2O4/c1-10(14-7-6-13(22-2)9-15(14)20)17-18-16(21)11-4-3-5-12(19)8-11/h3-9,19-20H,1-2H3,(H,18,21)/b17-10+. The first kappa shape index (κ1) is 15.4. The van der Waals surface area contributed by atoms with Crippen molar-refractivity contribution in [1.29, 1.82) is 0 Å². The van der Waals surface area contributed by atoms with E-state index in [-0.39, 0.29) is 17.1 Å². The van der Waals surface area contributed by atoms with Crippen molar-refractivity contribution in [3.05, 3.63) is 53.6 Å². The molecule has 6 nitrogen and oxygen atoms in total. The summed E-state index contributed by atoms with van der Waals surface area (Å²) in [6.45, 7) is 1.66. The molecule has 0 aliphatic rings. The van der Waals surface area contributed by atoms with Gasteiger partial charge in [0.1, 0.15) is 17.2 Å². The zero-order chi connectivity index (χ0) is 16.1. The van der Waals surface area contributed by atoms with Crippen molar-refractivity contribution >= 4 is 11.6 Å². The summed E-state index contributed by atoms with van der Waals surface area (Å²) in [6, 6.07) is 10.7. The van der Waals surface area contributed by atoms with Crippen molar-refractivity contribution in [2.45, 2.75) is 6.92 Å². The van der Waals surface area contributed by atoms with E-state index in [0.29, 0.717) is 17.0 Å². The monoisotopic (exact) mass is 300 g/mol. The van der Waals surface area contributed by atoms with Gasteiger partial charge in [0.15, 0.2) is 0 Å². The van der Waals surface area contributed by atoms with Crippen molar-refractivity contribution in [1.82, 2.24) is 5.43 Å². The van der Waals surface area contributed by atoms with Gasteiger partial charge in [-0.3, -0.25) is 4.79 Å². The average Bonchev–Trinajstić information content (AvgIpc) is 2.52. The number of hydrogen-bond donors (Lipinski definition) is 3. The average molecular weight is 300 g/mol. The number of hydrazone groups is 1. The summed E-state index contributed by atoms with van der Waals surface area (Å²) in [6.07, 6.45) is 0. The second-order valence-corrected chi connectivity index (χ2v) is 4.57. The number of nitrogens with one attached hydrogen (secondary N) is 1. The Morgan fingerprint density at radius 1 is 1.18 bits per heavy atom. The van der Waals surface area contributed by atoms with Crippen molar-refractivity contribution in [3.63, 3.8) is 0 Å². The molecule has 0 radical (unpaired) electrons. The molecule has 0 saturated carbocycles. The summed E-state index contributed by atoms with van der Waals surface area (Å²) in [5.74, 6) is 0.0782. The molecule has 2 aromatic rings. The van der Waals surface area contributed by atoms with Crippen LogP contribution in [-0.4, -0.2) is 28.9 Å². The molecule has 0 spiro atoms. The van der Waals surface area contributed by atoms with Crippen LogP contribution in [0.4, 0.5) is 0 Å². The molecule has 0 fully saturated rings. The van der Waals surface area contributed by atoms with E-state index < -0.39 is 5.91 Å². The van der Waals surface area contributed by atoms with E-state index in [1.165, 1.54) is 25.3 Å². The Bertz CT molecular complexity index is 726.